The molecule has 0 amide bonds. The number of aryl methyl sites for hydroxylation is 1. The van der Waals surface area contributed by atoms with Crippen LogP contribution in [0.25, 0.3) is 0 Å². The van der Waals surface area contributed by atoms with Crippen LogP contribution in [0.5, 0.6) is 0 Å². The van der Waals surface area contributed by atoms with Gasteiger partial charge in [0.15, 0.2) is 0 Å². The first kappa shape index (κ1) is 10.7. The number of hydrogen-bond acceptors (Lipinski definition) is 3. The van der Waals surface area contributed by atoms with Crippen LogP contribution in [0, 0.1) is 11.3 Å². The normalized spacial score (nSPS) is 10.0. The minimum absolute atomic E-state index is 0.272. The summed E-state index contributed by atoms with van der Waals surface area (Å²) in [5.74, 6) is 0.479. The van der Waals surface area contributed by atoms with Crippen LogP contribution in [0.4, 0.5) is 0 Å². The van der Waals surface area contributed by atoms with Crippen molar-refractivity contribution in [1.29, 1.82) is 5.26 Å². The van der Waals surface area contributed by atoms with Gasteiger partial charge in [0.25, 0.3) is 0 Å². The standard InChI is InChI=1S/C10H15N3O/c11-9-10-12-5-7-13(10)6-3-1-2-4-8-14/h5,7,14H,1-4,6,8H2. The summed E-state index contributed by atoms with van der Waals surface area (Å²) in [6.45, 7) is 1.11. The van der Waals surface area contributed by atoms with E-state index >= 15 is 0 Å². The van der Waals surface area contributed by atoms with Crippen molar-refractivity contribution in [2.75, 3.05) is 6.61 Å². The van der Waals surface area contributed by atoms with Crippen molar-refractivity contribution < 1.29 is 5.11 Å². The smallest absolute Gasteiger partial charge is 0.212 e. The number of aliphatic hydroxyl groups excluding tert-OH is 1. The highest BCUT2D eigenvalue weighted by Gasteiger charge is 1.99. The molecule has 1 N–H and O–H groups in total. The zero-order chi connectivity index (χ0) is 10.2. The number of nitrogens with zero attached hydrogens (tertiary/aromatic N) is 3. The molecule has 4 heteroatoms. The summed E-state index contributed by atoms with van der Waals surface area (Å²) in [7, 11) is 0. The second-order valence-electron chi connectivity index (χ2n) is 3.19. The maximum absolute atomic E-state index is 8.68. The first-order chi connectivity index (χ1) is 6.88. The number of unbranched alkanes of at least 4 members (excludes halogenated alkanes) is 3. The van der Waals surface area contributed by atoms with E-state index in [2.05, 4.69) is 4.98 Å². The summed E-state index contributed by atoms with van der Waals surface area (Å²) in [6, 6.07) is 2.04. The summed E-state index contributed by atoms with van der Waals surface area (Å²) >= 11 is 0. The van der Waals surface area contributed by atoms with Gasteiger partial charge in [0.2, 0.25) is 5.82 Å². The summed E-state index contributed by atoms with van der Waals surface area (Å²) in [6.07, 6.45) is 7.51. The Kier molecular flexibility index (Phi) is 4.73. The van der Waals surface area contributed by atoms with Crippen molar-refractivity contribution in [3.05, 3.63) is 18.2 Å². The Morgan fingerprint density at radius 1 is 1.36 bits per heavy atom. The van der Waals surface area contributed by atoms with Crippen molar-refractivity contribution in [3.63, 3.8) is 0 Å². The Balaban J connectivity index is 2.22. The number of rotatable bonds is 6. The zero-order valence-corrected chi connectivity index (χ0v) is 8.19. The molecule has 0 spiro atoms. The van der Waals surface area contributed by atoms with Gasteiger partial charge in [0, 0.05) is 25.5 Å². The Bertz CT molecular complexity index is 301. The lowest BCUT2D eigenvalue weighted by molar-refractivity contribution is 0.282. The molecule has 76 valence electrons. The van der Waals surface area contributed by atoms with E-state index in [1.54, 1.807) is 6.20 Å². The van der Waals surface area contributed by atoms with E-state index in [1.165, 1.54) is 0 Å². The third-order valence-electron chi connectivity index (χ3n) is 2.12. The van der Waals surface area contributed by atoms with Crippen molar-refractivity contribution in [1.82, 2.24) is 9.55 Å². The second kappa shape index (κ2) is 6.17. The highest BCUT2D eigenvalue weighted by molar-refractivity contribution is 5.10. The number of hydrogen-bond donors (Lipinski definition) is 1. The van der Waals surface area contributed by atoms with Crippen molar-refractivity contribution in [3.8, 4) is 6.07 Å². The zero-order valence-electron chi connectivity index (χ0n) is 8.19. The molecule has 14 heavy (non-hydrogen) atoms. The van der Waals surface area contributed by atoms with Gasteiger partial charge < -0.3 is 9.67 Å². The number of aromatic nitrogens is 2. The highest BCUT2D eigenvalue weighted by Crippen LogP contribution is 2.03. The monoisotopic (exact) mass is 193 g/mol. The lowest BCUT2D eigenvalue weighted by Crippen LogP contribution is -2.00. The minimum atomic E-state index is 0.272. The number of imidazole rings is 1. The van der Waals surface area contributed by atoms with Gasteiger partial charge in [-0.2, -0.15) is 5.26 Å². The minimum Gasteiger partial charge on any atom is -0.396 e. The van der Waals surface area contributed by atoms with Crippen LogP contribution >= 0.6 is 0 Å². The van der Waals surface area contributed by atoms with Crippen LogP contribution in [0.15, 0.2) is 12.4 Å². The first-order valence-corrected chi connectivity index (χ1v) is 4.90. The summed E-state index contributed by atoms with van der Waals surface area (Å²) in [4.78, 5) is 3.91. The predicted molar refractivity (Wildman–Crippen MR) is 52.5 cm³/mol. The summed E-state index contributed by atoms with van der Waals surface area (Å²) < 4.78 is 1.86. The van der Waals surface area contributed by atoms with Gasteiger partial charge in [0.1, 0.15) is 6.07 Å². The average molecular weight is 193 g/mol. The molecule has 1 aromatic heterocycles. The molecule has 0 saturated heterocycles. The van der Waals surface area contributed by atoms with Gasteiger partial charge in [0.05, 0.1) is 0 Å². The number of nitriles is 1. The molecular weight excluding hydrogens is 178 g/mol. The Labute approximate surface area is 83.8 Å². The molecule has 0 atom stereocenters. The highest BCUT2D eigenvalue weighted by atomic mass is 16.2. The molecule has 0 radical (unpaired) electrons. The maximum Gasteiger partial charge on any atom is 0.212 e. The van der Waals surface area contributed by atoms with Gasteiger partial charge in [-0.3, -0.25) is 0 Å². The fraction of sp³-hybridized carbons (Fsp3) is 0.600. The third kappa shape index (κ3) is 3.19. The lowest BCUT2D eigenvalue weighted by Gasteiger charge is -2.02. The molecule has 1 rings (SSSR count). The van der Waals surface area contributed by atoms with Gasteiger partial charge >= 0.3 is 0 Å². The van der Waals surface area contributed by atoms with E-state index in [9.17, 15) is 0 Å². The van der Waals surface area contributed by atoms with Crippen LogP contribution < -0.4 is 0 Å². The van der Waals surface area contributed by atoms with Crippen LogP contribution in [-0.2, 0) is 6.54 Å². The van der Waals surface area contributed by atoms with E-state index in [4.69, 9.17) is 10.4 Å². The molecule has 0 bridgehead atoms. The molecule has 0 aliphatic heterocycles. The molecule has 0 aliphatic carbocycles. The molecule has 1 aromatic rings. The molecule has 4 nitrogen and oxygen atoms in total. The fourth-order valence-corrected chi connectivity index (χ4v) is 1.35. The average Bonchev–Trinajstić information content (AvgIpc) is 2.65. The quantitative estimate of drug-likeness (QED) is 0.693. The maximum atomic E-state index is 8.68. The van der Waals surface area contributed by atoms with E-state index < -0.39 is 0 Å². The summed E-state index contributed by atoms with van der Waals surface area (Å²) in [5, 5.41) is 17.3. The lowest BCUT2D eigenvalue weighted by atomic mass is 10.2. The van der Waals surface area contributed by atoms with Gasteiger partial charge in [-0.1, -0.05) is 12.8 Å². The van der Waals surface area contributed by atoms with E-state index in [0.717, 1.165) is 32.2 Å². The van der Waals surface area contributed by atoms with Gasteiger partial charge in [-0.05, 0) is 12.8 Å². The van der Waals surface area contributed by atoms with E-state index in [1.807, 2.05) is 16.8 Å². The third-order valence-corrected chi connectivity index (χ3v) is 2.12. The number of aliphatic hydroxyl groups is 1. The van der Waals surface area contributed by atoms with Gasteiger partial charge in [-0.15, -0.1) is 0 Å². The Hall–Kier alpha value is -1.34. The predicted octanol–water partition coefficient (Wildman–Crippen LogP) is 1.31. The second-order valence-corrected chi connectivity index (χ2v) is 3.19. The van der Waals surface area contributed by atoms with Crippen LogP contribution in [0.3, 0.4) is 0 Å². The molecule has 0 unspecified atom stereocenters. The summed E-state index contributed by atoms with van der Waals surface area (Å²) in [5.41, 5.74) is 0. The largest absolute Gasteiger partial charge is 0.396 e. The van der Waals surface area contributed by atoms with Crippen molar-refractivity contribution in [2.24, 2.45) is 0 Å². The van der Waals surface area contributed by atoms with Gasteiger partial charge in [-0.25, -0.2) is 4.98 Å². The molecule has 0 aromatic carbocycles. The Morgan fingerprint density at radius 2 is 2.14 bits per heavy atom. The topological polar surface area (TPSA) is 61.8 Å². The first-order valence-electron chi connectivity index (χ1n) is 4.90. The van der Waals surface area contributed by atoms with Crippen LogP contribution in [-0.4, -0.2) is 21.3 Å². The molecule has 0 fully saturated rings. The van der Waals surface area contributed by atoms with Crippen molar-refractivity contribution in [2.45, 2.75) is 32.2 Å². The van der Waals surface area contributed by atoms with E-state index in [0.29, 0.717) is 5.82 Å². The molecule has 1 heterocycles. The van der Waals surface area contributed by atoms with E-state index in [-0.39, 0.29) is 6.61 Å². The molecule has 0 saturated carbocycles. The Morgan fingerprint density at radius 3 is 2.86 bits per heavy atom. The molecule has 0 aliphatic rings. The SMILES string of the molecule is N#Cc1nccn1CCCCCCO. The molecular formula is C10H15N3O. The van der Waals surface area contributed by atoms with Crippen molar-refractivity contribution >= 4 is 0 Å². The fourth-order valence-electron chi connectivity index (χ4n) is 1.35. The van der Waals surface area contributed by atoms with Crippen LogP contribution in [0.2, 0.25) is 0 Å². The van der Waals surface area contributed by atoms with Crippen LogP contribution in [0.1, 0.15) is 31.5 Å².